The first-order valence-corrected chi connectivity index (χ1v) is 5.88. The molecule has 4 heteroatoms. The Morgan fingerprint density at radius 1 is 1.40 bits per heavy atom. The van der Waals surface area contributed by atoms with E-state index in [1.165, 1.54) is 0 Å². The molecule has 0 aliphatic rings. The van der Waals surface area contributed by atoms with Gasteiger partial charge in [-0.1, -0.05) is 18.5 Å². The molecule has 2 aromatic rings. The summed E-state index contributed by atoms with van der Waals surface area (Å²) in [6.45, 7) is 3.08. The topological polar surface area (TPSA) is 17.8 Å². The second kappa shape index (κ2) is 4.42. The lowest BCUT2D eigenvalue weighted by molar-refractivity contribution is 0.672. The van der Waals surface area contributed by atoms with Crippen molar-refractivity contribution in [1.29, 1.82) is 0 Å². The van der Waals surface area contributed by atoms with Gasteiger partial charge in [0, 0.05) is 11.6 Å². The molecule has 0 unspecified atom stereocenters. The second-order valence-electron chi connectivity index (χ2n) is 3.45. The monoisotopic (exact) mass is 242 g/mol. The van der Waals surface area contributed by atoms with E-state index in [0.717, 1.165) is 29.8 Å². The van der Waals surface area contributed by atoms with Gasteiger partial charge in [0.15, 0.2) is 0 Å². The minimum atomic E-state index is 0.437. The number of halogens is 2. The fourth-order valence-electron chi connectivity index (χ4n) is 1.73. The van der Waals surface area contributed by atoms with Crippen LogP contribution in [0.15, 0.2) is 18.2 Å². The number of rotatable bonds is 3. The molecule has 0 spiro atoms. The van der Waals surface area contributed by atoms with Gasteiger partial charge < -0.3 is 4.57 Å². The van der Waals surface area contributed by atoms with Crippen molar-refractivity contribution in [3.05, 3.63) is 29.0 Å². The molecule has 0 N–H and O–H groups in total. The second-order valence-corrected chi connectivity index (χ2v) is 4.15. The van der Waals surface area contributed by atoms with Crippen molar-refractivity contribution in [2.75, 3.05) is 0 Å². The van der Waals surface area contributed by atoms with Gasteiger partial charge >= 0.3 is 0 Å². The number of nitrogens with zero attached hydrogens (tertiary/aromatic N) is 2. The number of imidazole rings is 1. The zero-order valence-electron chi connectivity index (χ0n) is 8.50. The third kappa shape index (κ3) is 1.97. The maximum Gasteiger partial charge on any atom is 0.124 e. The highest BCUT2D eigenvalue weighted by atomic mass is 35.5. The van der Waals surface area contributed by atoms with E-state index >= 15 is 0 Å². The number of fused-ring (bicyclic) bond motifs is 1. The van der Waals surface area contributed by atoms with Gasteiger partial charge in [0.1, 0.15) is 5.82 Å². The van der Waals surface area contributed by atoms with Crippen molar-refractivity contribution in [2.45, 2.75) is 25.8 Å². The number of hydrogen-bond acceptors (Lipinski definition) is 1. The molecule has 0 fully saturated rings. The van der Waals surface area contributed by atoms with E-state index in [9.17, 15) is 0 Å². The molecule has 0 saturated heterocycles. The Bertz CT molecular complexity index is 477. The van der Waals surface area contributed by atoms with Gasteiger partial charge in [0.05, 0.1) is 16.9 Å². The van der Waals surface area contributed by atoms with Crippen molar-refractivity contribution in [3.8, 4) is 0 Å². The van der Waals surface area contributed by atoms with Crippen LogP contribution in [0.3, 0.4) is 0 Å². The first-order valence-electron chi connectivity index (χ1n) is 4.97. The quantitative estimate of drug-likeness (QED) is 0.749. The average Bonchev–Trinajstić information content (AvgIpc) is 2.56. The van der Waals surface area contributed by atoms with Crippen LogP contribution in [-0.4, -0.2) is 9.55 Å². The molecule has 80 valence electrons. The van der Waals surface area contributed by atoms with Crippen molar-refractivity contribution < 1.29 is 0 Å². The standard InChI is InChI=1S/C11H12Cl2N2/c1-2-5-15-10-4-3-8(13)6-9(10)14-11(15)7-12/h3-4,6H,2,5,7H2,1H3. The van der Waals surface area contributed by atoms with Gasteiger partial charge in [-0.15, -0.1) is 11.6 Å². The maximum atomic E-state index is 5.92. The highest BCUT2D eigenvalue weighted by Gasteiger charge is 2.08. The SMILES string of the molecule is CCCn1c(CCl)nc2cc(Cl)ccc21. The lowest BCUT2D eigenvalue weighted by Crippen LogP contribution is -2.01. The van der Waals surface area contributed by atoms with Gasteiger partial charge in [-0.3, -0.25) is 0 Å². The Morgan fingerprint density at radius 3 is 2.87 bits per heavy atom. The summed E-state index contributed by atoms with van der Waals surface area (Å²) in [4.78, 5) is 4.46. The number of aryl methyl sites for hydroxylation is 1. The molecule has 0 bridgehead atoms. The van der Waals surface area contributed by atoms with E-state index in [4.69, 9.17) is 23.2 Å². The molecular formula is C11H12Cl2N2. The van der Waals surface area contributed by atoms with E-state index in [0.29, 0.717) is 10.9 Å². The molecule has 0 saturated carbocycles. The minimum absolute atomic E-state index is 0.437. The van der Waals surface area contributed by atoms with Crippen molar-refractivity contribution in [2.24, 2.45) is 0 Å². The van der Waals surface area contributed by atoms with Crippen LogP contribution in [0.1, 0.15) is 19.2 Å². The van der Waals surface area contributed by atoms with E-state index in [-0.39, 0.29) is 0 Å². The molecule has 2 rings (SSSR count). The van der Waals surface area contributed by atoms with E-state index in [2.05, 4.69) is 16.5 Å². The molecule has 1 aromatic carbocycles. The Balaban J connectivity index is 2.63. The van der Waals surface area contributed by atoms with Gasteiger partial charge in [0.25, 0.3) is 0 Å². The number of benzene rings is 1. The highest BCUT2D eigenvalue weighted by Crippen LogP contribution is 2.21. The molecule has 0 atom stereocenters. The molecule has 15 heavy (non-hydrogen) atoms. The van der Waals surface area contributed by atoms with Gasteiger partial charge in [-0.25, -0.2) is 4.98 Å². The molecule has 1 aromatic heterocycles. The zero-order valence-corrected chi connectivity index (χ0v) is 10.0. The Kier molecular flexibility index (Phi) is 3.17. The van der Waals surface area contributed by atoms with Crippen molar-refractivity contribution >= 4 is 34.2 Å². The van der Waals surface area contributed by atoms with Gasteiger partial charge in [-0.2, -0.15) is 0 Å². The summed E-state index contributed by atoms with van der Waals surface area (Å²) < 4.78 is 2.15. The van der Waals surface area contributed by atoms with Crippen LogP contribution in [0, 0.1) is 0 Å². The third-order valence-corrected chi connectivity index (χ3v) is 2.83. The van der Waals surface area contributed by atoms with Gasteiger partial charge in [-0.05, 0) is 24.6 Å². The Hall–Kier alpha value is -0.730. The fourth-order valence-corrected chi connectivity index (χ4v) is 2.10. The summed E-state index contributed by atoms with van der Waals surface area (Å²) in [6, 6.07) is 5.76. The molecule has 2 nitrogen and oxygen atoms in total. The molecule has 0 radical (unpaired) electrons. The van der Waals surface area contributed by atoms with Crippen LogP contribution < -0.4 is 0 Å². The first-order chi connectivity index (χ1) is 7.26. The maximum absolute atomic E-state index is 5.92. The largest absolute Gasteiger partial charge is 0.327 e. The molecule has 0 amide bonds. The summed E-state index contributed by atoms with van der Waals surface area (Å²) in [5.74, 6) is 1.35. The van der Waals surface area contributed by atoms with E-state index in [1.807, 2.05) is 18.2 Å². The molecule has 0 aliphatic carbocycles. The van der Waals surface area contributed by atoms with Crippen LogP contribution in [-0.2, 0) is 12.4 Å². The summed E-state index contributed by atoms with van der Waals surface area (Å²) in [6.07, 6.45) is 1.07. The summed E-state index contributed by atoms with van der Waals surface area (Å²) in [5.41, 5.74) is 2.03. The molecule has 1 heterocycles. The summed E-state index contributed by atoms with van der Waals surface area (Å²) in [7, 11) is 0. The number of alkyl halides is 1. The minimum Gasteiger partial charge on any atom is -0.327 e. The van der Waals surface area contributed by atoms with Crippen LogP contribution in [0.2, 0.25) is 5.02 Å². The first kappa shape index (κ1) is 10.8. The smallest absolute Gasteiger partial charge is 0.124 e. The average molecular weight is 243 g/mol. The lowest BCUT2D eigenvalue weighted by Gasteiger charge is -2.04. The predicted octanol–water partition coefficient (Wildman–Crippen LogP) is 3.84. The van der Waals surface area contributed by atoms with E-state index in [1.54, 1.807) is 0 Å². The van der Waals surface area contributed by atoms with Crippen LogP contribution in [0.25, 0.3) is 11.0 Å². The molecular weight excluding hydrogens is 231 g/mol. The van der Waals surface area contributed by atoms with Crippen molar-refractivity contribution in [3.63, 3.8) is 0 Å². The van der Waals surface area contributed by atoms with Crippen LogP contribution in [0.4, 0.5) is 0 Å². The fraction of sp³-hybridized carbons (Fsp3) is 0.364. The van der Waals surface area contributed by atoms with Crippen LogP contribution in [0.5, 0.6) is 0 Å². The predicted molar refractivity (Wildman–Crippen MR) is 64.6 cm³/mol. The summed E-state index contributed by atoms with van der Waals surface area (Å²) >= 11 is 11.8. The highest BCUT2D eigenvalue weighted by molar-refractivity contribution is 6.31. The Morgan fingerprint density at radius 2 is 2.20 bits per heavy atom. The van der Waals surface area contributed by atoms with Gasteiger partial charge in [0.2, 0.25) is 0 Å². The zero-order chi connectivity index (χ0) is 10.8. The number of aromatic nitrogens is 2. The Labute approximate surface area is 98.8 Å². The normalized spacial score (nSPS) is 11.1. The van der Waals surface area contributed by atoms with E-state index < -0.39 is 0 Å². The van der Waals surface area contributed by atoms with Crippen molar-refractivity contribution in [1.82, 2.24) is 9.55 Å². The third-order valence-electron chi connectivity index (χ3n) is 2.36. The number of hydrogen-bond donors (Lipinski definition) is 0. The van der Waals surface area contributed by atoms with Crippen LogP contribution >= 0.6 is 23.2 Å². The summed E-state index contributed by atoms with van der Waals surface area (Å²) in [5, 5.41) is 0.713. The lowest BCUT2D eigenvalue weighted by atomic mass is 10.3. The molecule has 0 aliphatic heterocycles.